The molecule has 2 aromatic carbocycles. The average Bonchev–Trinajstić information content (AvgIpc) is 2.54. The molecule has 0 unspecified atom stereocenters. The van der Waals surface area contributed by atoms with Crippen molar-refractivity contribution >= 4 is 46.4 Å². The van der Waals surface area contributed by atoms with Crippen molar-refractivity contribution in [1.82, 2.24) is 5.43 Å². The van der Waals surface area contributed by atoms with Crippen LogP contribution in [0, 0.1) is 0 Å². The smallest absolute Gasteiger partial charge is 0.277 e. The number of phenols is 2. The van der Waals surface area contributed by atoms with E-state index in [2.05, 4.69) is 10.5 Å². The second kappa shape index (κ2) is 8.29. The molecule has 0 atom stereocenters. The summed E-state index contributed by atoms with van der Waals surface area (Å²) in [5.74, 6) is -0.567. The zero-order valence-corrected chi connectivity index (χ0v) is 15.2. The number of hydrazone groups is 1. The van der Waals surface area contributed by atoms with Crippen LogP contribution in [0.5, 0.6) is 17.2 Å². The Hall–Kier alpha value is -2.15. The Morgan fingerprint density at radius 3 is 2.48 bits per heavy atom. The summed E-state index contributed by atoms with van der Waals surface area (Å²) in [6.07, 6.45) is 0. The van der Waals surface area contributed by atoms with Crippen molar-refractivity contribution in [2.75, 3.05) is 6.61 Å². The number of carbonyl (C=O) groups is 1. The van der Waals surface area contributed by atoms with Crippen molar-refractivity contribution in [2.45, 2.75) is 6.92 Å². The number of amides is 1. The highest BCUT2D eigenvalue weighted by molar-refractivity contribution is 6.43. The average molecular weight is 404 g/mol. The summed E-state index contributed by atoms with van der Waals surface area (Å²) < 4.78 is 5.27. The van der Waals surface area contributed by atoms with E-state index in [0.29, 0.717) is 11.3 Å². The summed E-state index contributed by atoms with van der Waals surface area (Å²) in [6.45, 7) is 1.24. The van der Waals surface area contributed by atoms with Crippen LogP contribution in [0.1, 0.15) is 12.5 Å². The van der Waals surface area contributed by atoms with Gasteiger partial charge in [-0.15, -0.1) is 0 Å². The second-order valence-electron chi connectivity index (χ2n) is 4.92. The van der Waals surface area contributed by atoms with Gasteiger partial charge in [-0.2, -0.15) is 5.10 Å². The summed E-state index contributed by atoms with van der Waals surface area (Å²) in [5.41, 5.74) is 3.00. The van der Waals surface area contributed by atoms with Gasteiger partial charge < -0.3 is 14.9 Å². The highest BCUT2D eigenvalue weighted by Gasteiger charge is 2.10. The van der Waals surface area contributed by atoms with Crippen molar-refractivity contribution in [3.05, 3.63) is 51.0 Å². The van der Waals surface area contributed by atoms with Gasteiger partial charge >= 0.3 is 0 Å². The van der Waals surface area contributed by atoms with Crippen LogP contribution >= 0.6 is 34.8 Å². The number of halogens is 3. The minimum atomic E-state index is -0.542. The van der Waals surface area contributed by atoms with E-state index in [1.54, 1.807) is 6.92 Å². The molecule has 0 aliphatic heterocycles. The van der Waals surface area contributed by atoms with E-state index in [9.17, 15) is 15.0 Å². The maximum absolute atomic E-state index is 11.8. The Morgan fingerprint density at radius 2 is 1.80 bits per heavy atom. The number of phenolic OH excluding ortho intramolecular Hbond substituents is 2. The van der Waals surface area contributed by atoms with E-state index in [1.807, 2.05) is 0 Å². The van der Waals surface area contributed by atoms with Gasteiger partial charge in [-0.3, -0.25) is 4.79 Å². The van der Waals surface area contributed by atoms with Crippen LogP contribution in [0.25, 0.3) is 0 Å². The van der Waals surface area contributed by atoms with Gasteiger partial charge in [0.15, 0.2) is 6.61 Å². The van der Waals surface area contributed by atoms with E-state index in [1.165, 1.54) is 30.3 Å². The van der Waals surface area contributed by atoms with Crippen LogP contribution in [0.15, 0.2) is 35.4 Å². The number of nitrogens with one attached hydrogen (secondary N) is 1. The minimum absolute atomic E-state index is 0.0787. The SMILES string of the molecule is C/C(=N\NC(=O)COc1cc(Cl)c(Cl)cc1Cl)c1ccc(O)cc1O. The summed E-state index contributed by atoms with van der Waals surface area (Å²) in [4.78, 5) is 11.8. The highest BCUT2D eigenvalue weighted by Crippen LogP contribution is 2.33. The molecule has 6 nitrogen and oxygen atoms in total. The van der Waals surface area contributed by atoms with Crippen LogP contribution in [0.3, 0.4) is 0 Å². The summed E-state index contributed by atoms with van der Waals surface area (Å²) in [5, 5.41) is 23.6. The van der Waals surface area contributed by atoms with E-state index in [4.69, 9.17) is 39.5 Å². The van der Waals surface area contributed by atoms with Crippen LogP contribution in [-0.4, -0.2) is 28.4 Å². The molecule has 132 valence electrons. The number of aromatic hydroxyl groups is 2. The van der Waals surface area contributed by atoms with Crippen molar-refractivity contribution in [3.8, 4) is 17.2 Å². The van der Waals surface area contributed by atoms with Gasteiger partial charge in [0.25, 0.3) is 5.91 Å². The predicted octanol–water partition coefficient (Wildman–Crippen LogP) is 3.98. The molecule has 0 aliphatic rings. The standard InChI is InChI=1S/C16H13Cl3N2O4/c1-8(10-3-2-9(22)4-14(10)23)20-21-16(24)7-25-15-6-12(18)11(17)5-13(15)19/h2-6,22-23H,7H2,1H3,(H,21,24)/b20-8+. The van der Waals surface area contributed by atoms with Crippen LogP contribution in [-0.2, 0) is 4.79 Å². The van der Waals surface area contributed by atoms with Crippen molar-refractivity contribution in [1.29, 1.82) is 0 Å². The molecule has 0 radical (unpaired) electrons. The molecule has 2 rings (SSSR count). The number of benzene rings is 2. The number of hydrogen-bond donors (Lipinski definition) is 3. The van der Waals surface area contributed by atoms with Gasteiger partial charge in [0, 0.05) is 17.7 Å². The number of rotatable bonds is 5. The van der Waals surface area contributed by atoms with E-state index >= 15 is 0 Å². The van der Waals surface area contributed by atoms with Gasteiger partial charge in [0.2, 0.25) is 0 Å². The first kappa shape index (κ1) is 19.2. The molecular formula is C16H13Cl3N2O4. The number of nitrogens with zero attached hydrogens (tertiary/aromatic N) is 1. The molecule has 3 N–H and O–H groups in total. The Balaban J connectivity index is 1.97. The molecule has 0 heterocycles. The van der Waals surface area contributed by atoms with E-state index in [0.717, 1.165) is 0 Å². The normalized spacial score (nSPS) is 11.3. The molecule has 0 fully saturated rings. The summed E-state index contributed by atoms with van der Waals surface area (Å²) in [7, 11) is 0. The van der Waals surface area contributed by atoms with Gasteiger partial charge in [0.1, 0.15) is 17.2 Å². The molecule has 2 aromatic rings. The van der Waals surface area contributed by atoms with Crippen molar-refractivity contribution < 1.29 is 19.7 Å². The van der Waals surface area contributed by atoms with Crippen molar-refractivity contribution in [3.63, 3.8) is 0 Å². The topological polar surface area (TPSA) is 91.2 Å². The lowest BCUT2D eigenvalue weighted by Gasteiger charge is -2.09. The molecular weight excluding hydrogens is 391 g/mol. The van der Waals surface area contributed by atoms with Crippen LogP contribution in [0.4, 0.5) is 0 Å². The minimum Gasteiger partial charge on any atom is -0.508 e. The molecule has 9 heteroatoms. The molecule has 0 saturated carbocycles. The fourth-order valence-electron chi connectivity index (χ4n) is 1.82. The molecule has 0 bridgehead atoms. The number of carbonyl (C=O) groups excluding carboxylic acids is 1. The van der Waals surface area contributed by atoms with Gasteiger partial charge in [-0.25, -0.2) is 5.43 Å². The third-order valence-electron chi connectivity index (χ3n) is 3.05. The zero-order chi connectivity index (χ0) is 18.6. The maximum Gasteiger partial charge on any atom is 0.277 e. The lowest BCUT2D eigenvalue weighted by atomic mass is 10.1. The molecule has 0 aliphatic carbocycles. The largest absolute Gasteiger partial charge is 0.508 e. The summed E-state index contributed by atoms with van der Waals surface area (Å²) in [6, 6.07) is 6.86. The van der Waals surface area contributed by atoms with Crippen LogP contribution in [0.2, 0.25) is 15.1 Å². The van der Waals surface area contributed by atoms with Gasteiger partial charge in [0.05, 0.1) is 20.8 Å². The Kier molecular flexibility index (Phi) is 6.36. The third-order valence-corrected chi connectivity index (χ3v) is 4.07. The zero-order valence-electron chi connectivity index (χ0n) is 12.9. The second-order valence-corrected chi connectivity index (χ2v) is 6.14. The van der Waals surface area contributed by atoms with Crippen LogP contribution < -0.4 is 10.2 Å². The number of ether oxygens (including phenoxy) is 1. The Bertz CT molecular complexity index is 840. The first-order chi connectivity index (χ1) is 11.8. The predicted molar refractivity (Wildman–Crippen MR) is 97.1 cm³/mol. The van der Waals surface area contributed by atoms with E-state index < -0.39 is 5.91 Å². The van der Waals surface area contributed by atoms with Gasteiger partial charge in [-0.1, -0.05) is 34.8 Å². The Labute approximate surface area is 158 Å². The molecule has 0 aromatic heterocycles. The highest BCUT2D eigenvalue weighted by atomic mass is 35.5. The van der Waals surface area contributed by atoms with E-state index in [-0.39, 0.29) is 38.9 Å². The maximum atomic E-state index is 11.8. The Morgan fingerprint density at radius 1 is 1.12 bits per heavy atom. The monoisotopic (exact) mass is 402 g/mol. The lowest BCUT2D eigenvalue weighted by molar-refractivity contribution is -0.123. The molecule has 25 heavy (non-hydrogen) atoms. The van der Waals surface area contributed by atoms with Gasteiger partial charge in [-0.05, 0) is 25.1 Å². The quantitative estimate of drug-likeness (QED) is 0.400. The third kappa shape index (κ3) is 5.16. The number of hydrogen-bond acceptors (Lipinski definition) is 5. The first-order valence-electron chi connectivity index (χ1n) is 6.90. The fourth-order valence-corrected chi connectivity index (χ4v) is 2.41. The lowest BCUT2D eigenvalue weighted by Crippen LogP contribution is -2.25. The fraction of sp³-hybridized carbons (Fsp3) is 0.125. The molecule has 0 saturated heterocycles. The molecule has 1 amide bonds. The van der Waals surface area contributed by atoms with Crippen molar-refractivity contribution in [2.24, 2.45) is 5.10 Å². The first-order valence-corrected chi connectivity index (χ1v) is 8.04. The molecule has 0 spiro atoms. The summed E-state index contributed by atoms with van der Waals surface area (Å²) >= 11 is 17.6.